The minimum Gasteiger partial charge on any atom is -0.322 e. The van der Waals surface area contributed by atoms with Crippen LogP contribution in [0.2, 0.25) is 10.0 Å². The van der Waals surface area contributed by atoms with E-state index < -0.39 is 21.7 Å². The van der Waals surface area contributed by atoms with E-state index in [4.69, 9.17) is 23.2 Å². The first-order valence-electron chi connectivity index (χ1n) is 9.43. The lowest BCUT2D eigenvalue weighted by atomic mass is 10.0. The summed E-state index contributed by atoms with van der Waals surface area (Å²) in [5.74, 6) is -0.896. The zero-order valence-corrected chi connectivity index (χ0v) is 18.4. The standard InChI is InChI=1S/C22H17Cl2FN2O3S/c23-15-3-9-19(20(24)13-15)22(28)26-17-6-10-21-14(12-17)2-1-11-27(21)31(29,30)18-7-4-16(25)5-8-18/h3-10,12-13H,1-2,11H2,(H,26,28). The third kappa shape index (κ3) is 4.39. The van der Waals surface area contributed by atoms with Crippen molar-refractivity contribution in [3.8, 4) is 0 Å². The molecule has 0 saturated carbocycles. The van der Waals surface area contributed by atoms with E-state index in [0.29, 0.717) is 35.8 Å². The zero-order valence-electron chi connectivity index (χ0n) is 16.1. The molecule has 0 spiro atoms. The van der Waals surface area contributed by atoms with E-state index in [2.05, 4.69) is 5.32 Å². The maximum Gasteiger partial charge on any atom is 0.264 e. The van der Waals surface area contributed by atoms with Gasteiger partial charge in [0.2, 0.25) is 0 Å². The largest absolute Gasteiger partial charge is 0.322 e. The number of amides is 1. The maximum absolute atomic E-state index is 13.2. The molecule has 0 atom stereocenters. The number of halogens is 3. The van der Waals surface area contributed by atoms with Crippen LogP contribution in [-0.2, 0) is 16.4 Å². The summed E-state index contributed by atoms with van der Waals surface area (Å²) in [7, 11) is -3.83. The highest BCUT2D eigenvalue weighted by atomic mass is 35.5. The molecule has 0 unspecified atom stereocenters. The van der Waals surface area contributed by atoms with E-state index in [0.717, 1.165) is 17.7 Å². The Labute approximate surface area is 189 Å². The third-order valence-electron chi connectivity index (χ3n) is 4.99. The van der Waals surface area contributed by atoms with Crippen LogP contribution >= 0.6 is 23.2 Å². The fourth-order valence-corrected chi connectivity index (χ4v) is 5.53. The quantitative estimate of drug-likeness (QED) is 0.536. The van der Waals surface area contributed by atoms with Crippen molar-refractivity contribution in [3.05, 3.63) is 87.7 Å². The van der Waals surface area contributed by atoms with Gasteiger partial charge < -0.3 is 5.32 Å². The summed E-state index contributed by atoms with van der Waals surface area (Å²) < 4.78 is 40.7. The molecular formula is C22H17Cl2FN2O3S. The van der Waals surface area contributed by atoms with Gasteiger partial charge in [0.25, 0.3) is 15.9 Å². The molecular weight excluding hydrogens is 462 g/mol. The van der Waals surface area contributed by atoms with Gasteiger partial charge in [-0.05, 0) is 79.1 Å². The molecule has 4 rings (SSSR count). The summed E-state index contributed by atoms with van der Waals surface area (Å²) in [6.07, 6.45) is 1.28. The topological polar surface area (TPSA) is 66.5 Å². The number of nitrogens with zero attached hydrogens (tertiary/aromatic N) is 1. The summed E-state index contributed by atoms with van der Waals surface area (Å²) in [6, 6.07) is 14.4. The Morgan fingerprint density at radius 1 is 1.00 bits per heavy atom. The van der Waals surface area contributed by atoms with Gasteiger partial charge in [-0.1, -0.05) is 23.2 Å². The summed E-state index contributed by atoms with van der Waals surface area (Å²) in [5.41, 5.74) is 2.13. The monoisotopic (exact) mass is 478 g/mol. The Balaban J connectivity index is 1.61. The SMILES string of the molecule is O=C(Nc1ccc2c(c1)CCCN2S(=O)(=O)c1ccc(F)cc1)c1ccc(Cl)cc1Cl. The molecule has 1 amide bonds. The third-order valence-corrected chi connectivity index (χ3v) is 7.37. The van der Waals surface area contributed by atoms with Crippen LogP contribution in [0.15, 0.2) is 65.6 Å². The van der Waals surface area contributed by atoms with Crippen LogP contribution in [0.4, 0.5) is 15.8 Å². The van der Waals surface area contributed by atoms with Gasteiger partial charge in [0, 0.05) is 17.3 Å². The van der Waals surface area contributed by atoms with Crippen molar-refractivity contribution in [2.45, 2.75) is 17.7 Å². The first kappa shape index (κ1) is 21.6. The number of aryl methyl sites for hydroxylation is 1. The van der Waals surface area contributed by atoms with Gasteiger partial charge in [0.1, 0.15) is 5.82 Å². The van der Waals surface area contributed by atoms with Crippen LogP contribution in [0.1, 0.15) is 22.3 Å². The van der Waals surface area contributed by atoms with E-state index in [1.165, 1.54) is 28.6 Å². The molecule has 3 aromatic carbocycles. The second-order valence-electron chi connectivity index (χ2n) is 7.06. The molecule has 0 saturated heterocycles. The number of carbonyl (C=O) groups excluding carboxylic acids is 1. The van der Waals surface area contributed by atoms with Crippen molar-refractivity contribution in [3.63, 3.8) is 0 Å². The number of anilines is 2. The lowest BCUT2D eigenvalue weighted by Gasteiger charge is -2.31. The highest BCUT2D eigenvalue weighted by molar-refractivity contribution is 7.92. The van der Waals surface area contributed by atoms with E-state index in [-0.39, 0.29) is 15.5 Å². The summed E-state index contributed by atoms with van der Waals surface area (Å²) in [6.45, 7) is 0.318. The Morgan fingerprint density at radius 2 is 1.74 bits per heavy atom. The lowest BCUT2D eigenvalue weighted by molar-refractivity contribution is 0.102. The van der Waals surface area contributed by atoms with Crippen LogP contribution in [0.25, 0.3) is 0 Å². The van der Waals surface area contributed by atoms with Crippen LogP contribution in [-0.4, -0.2) is 20.9 Å². The number of carbonyl (C=O) groups is 1. The van der Waals surface area contributed by atoms with E-state index >= 15 is 0 Å². The first-order valence-corrected chi connectivity index (χ1v) is 11.6. The Morgan fingerprint density at radius 3 is 2.45 bits per heavy atom. The lowest BCUT2D eigenvalue weighted by Crippen LogP contribution is -2.35. The second kappa shape index (κ2) is 8.49. The highest BCUT2D eigenvalue weighted by Gasteiger charge is 2.29. The average Bonchev–Trinajstić information content (AvgIpc) is 2.73. The Bertz CT molecular complexity index is 1260. The fraction of sp³-hybridized carbons (Fsp3) is 0.136. The van der Waals surface area contributed by atoms with Crippen LogP contribution < -0.4 is 9.62 Å². The fourth-order valence-electron chi connectivity index (χ4n) is 3.50. The van der Waals surface area contributed by atoms with E-state index in [1.54, 1.807) is 24.3 Å². The van der Waals surface area contributed by atoms with Crippen molar-refractivity contribution in [1.29, 1.82) is 0 Å². The van der Waals surface area contributed by atoms with Crippen LogP contribution in [0.3, 0.4) is 0 Å². The summed E-state index contributed by atoms with van der Waals surface area (Å²) >= 11 is 12.0. The zero-order chi connectivity index (χ0) is 22.2. The Hall–Kier alpha value is -2.61. The molecule has 0 radical (unpaired) electrons. The minimum absolute atomic E-state index is 0.0245. The van der Waals surface area contributed by atoms with Crippen molar-refractivity contribution < 1.29 is 17.6 Å². The van der Waals surface area contributed by atoms with Gasteiger partial charge in [-0.2, -0.15) is 0 Å². The van der Waals surface area contributed by atoms with Gasteiger partial charge in [0.15, 0.2) is 0 Å². The minimum atomic E-state index is -3.83. The van der Waals surface area contributed by atoms with Gasteiger partial charge in [-0.25, -0.2) is 12.8 Å². The average molecular weight is 479 g/mol. The van der Waals surface area contributed by atoms with Crippen molar-refractivity contribution in [2.75, 3.05) is 16.2 Å². The van der Waals surface area contributed by atoms with E-state index in [9.17, 15) is 17.6 Å². The molecule has 0 aliphatic carbocycles. The molecule has 1 N–H and O–H groups in total. The number of hydrogen-bond acceptors (Lipinski definition) is 3. The first-order chi connectivity index (χ1) is 14.8. The van der Waals surface area contributed by atoms with Crippen molar-refractivity contribution >= 4 is 50.5 Å². The van der Waals surface area contributed by atoms with Gasteiger partial charge in [-0.3, -0.25) is 9.10 Å². The number of benzene rings is 3. The molecule has 0 aromatic heterocycles. The number of rotatable bonds is 4. The summed E-state index contributed by atoms with van der Waals surface area (Å²) in [4.78, 5) is 12.6. The summed E-state index contributed by atoms with van der Waals surface area (Å²) in [5, 5.41) is 3.45. The molecule has 0 fully saturated rings. The van der Waals surface area contributed by atoms with Crippen LogP contribution in [0, 0.1) is 5.82 Å². The normalized spacial score (nSPS) is 13.6. The molecule has 0 bridgehead atoms. The van der Waals surface area contributed by atoms with Crippen molar-refractivity contribution in [2.24, 2.45) is 0 Å². The highest BCUT2D eigenvalue weighted by Crippen LogP contribution is 2.34. The molecule has 1 aliphatic heterocycles. The molecule has 9 heteroatoms. The van der Waals surface area contributed by atoms with Gasteiger partial charge in [-0.15, -0.1) is 0 Å². The molecule has 5 nitrogen and oxygen atoms in total. The van der Waals surface area contributed by atoms with Crippen LogP contribution in [0.5, 0.6) is 0 Å². The number of sulfonamides is 1. The molecule has 1 heterocycles. The molecule has 1 aliphatic rings. The van der Waals surface area contributed by atoms with Gasteiger partial charge >= 0.3 is 0 Å². The van der Waals surface area contributed by atoms with Crippen molar-refractivity contribution in [1.82, 2.24) is 0 Å². The number of nitrogens with one attached hydrogen (secondary N) is 1. The Kier molecular flexibility index (Phi) is 5.92. The van der Waals surface area contributed by atoms with E-state index in [1.807, 2.05) is 0 Å². The molecule has 160 valence electrons. The molecule has 31 heavy (non-hydrogen) atoms. The van der Waals surface area contributed by atoms with Gasteiger partial charge in [0.05, 0.1) is 21.2 Å². The maximum atomic E-state index is 13.2. The number of fused-ring (bicyclic) bond motifs is 1. The number of hydrogen-bond donors (Lipinski definition) is 1. The predicted molar refractivity (Wildman–Crippen MR) is 120 cm³/mol. The predicted octanol–water partition coefficient (Wildman–Crippen LogP) is 5.53. The smallest absolute Gasteiger partial charge is 0.264 e. The molecule has 3 aromatic rings. The second-order valence-corrected chi connectivity index (χ2v) is 9.76.